The molecule has 1 aliphatic carbocycles. The number of rotatable bonds is 6. The zero-order chi connectivity index (χ0) is 32.5. The van der Waals surface area contributed by atoms with Gasteiger partial charge in [0.25, 0.3) is 0 Å². The van der Waals surface area contributed by atoms with Crippen LogP contribution in [0.15, 0.2) is 77.5 Å². The van der Waals surface area contributed by atoms with E-state index in [1.165, 1.54) is 12.1 Å². The Hall–Kier alpha value is -4.51. The lowest BCUT2D eigenvalue weighted by atomic mass is 9.82. The summed E-state index contributed by atoms with van der Waals surface area (Å²) < 4.78 is 35.0. The first-order valence-electron chi connectivity index (χ1n) is 15.3. The Morgan fingerprint density at radius 1 is 1.22 bits per heavy atom. The van der Waals surface area contributed by atoms with E-state index in [1.54, 1.807) is 11.0 Å². The Morgan fingerprint density at radius 2 is 2.04 bits per heavy atom. The molecule has 2 saturated heterocycles. The van der Waals surface area contributed by atoms with E-state index in [4.69, 9.17) is 21.3 Å². The summed E-state index contributed by atoms with van der Waals surface area (Å²) in [5.74, 6) is -0.933. The van der Waals surface area contributed by atoms with Gasteiger partial charge in [-0.2, -0.15) is 10.5 Å². The third kappa shape index (κ3) is 5.79. The molecule has 46 heavy (non-hydrogen) atoms. The highest BCUT2D eigenvalue weighted by molar-refractivity contribution is 6.36. The van der Waals surface area contributed by atoms with E-state index in [1.807, 2.05) is 48.4 Å². The van der Waals surface area contributed by atoms with Gasteiger partial charge < -0.3 is 14.5 Å². The zero-order valence-corrected chi connectivity index (χ0v) is 26.1. The van der Waals surface area contributed by atoms with Crippen LogP contribution in [0, 0.1) is 34.4 Å². The van der Waals surface area contributed by atoms with Crippen molar-refractivity contribution in [2.45, 2.75) is 37.1 Å². The molecule has 0 aromatic heterocycles. The van der Waals surface area contributed by atoms with Gasteiger partial charge in [0.15, 0.2) is 0 Å². The molecule has 0 radical (unpaired) electrons. The number of allylic oxidation sites excluding steroid dienone is 2. The van der Waals surface area contributed by atoms with Gasteiger partial charge in [-0.25, -0.2) is 13.8 Å². The summed E-state index contributed by atoms with van der Waals surface area (Å²) >= 11 is 6.47. The first-order chi connectivity index (χ1) is 22.2. The number of alkyl halides is 1. The Balaban J connectivity index is 1.40. The monoisotopic (exact) mass is 642 g/mol. The lowest BCUT2D eigenvalue weighted by Crippen LogP contribution is -2.55. The molecule has 2 fully saturated rings. The van der Waals surface area contributed by atoms with Crippen LogP contribution in [0.1, 0.15) is 18.4 Å². The summed E-state index contributed by atoms with van der Waals surface area (Å²) in [6.07, 6.45) is 6.64. The molecule has 0 spiro atoms. The topological polar surface area (TPSA) is 96.0 Å². The van der Waals surface area contributed by atoms with Crippen molar-refractivity contribution in [2.75, 3.05) is 39.8 Å². The van der Waals surface area contributed by atoms with Crippen LogP contribution in [0.3, 0.4) is 0 Å². The molecule has 2 unspecified atom stereocenters. The number of aliphatic imine (C=N–C) groups is 1. The van der Waals surface area contributed by atoms with Crippen LogP contribution in [0.2, 0.25) is 5.02 Å². The van der Waals surface area contributed by atoms with Gasteiger partial charge in [0.2, 0.25) is 11.8 Å². The summed E-state index contributed by atoms with van der Waals surface area (Å²) in [7, 11) is 1.84. The second kappa shape index (κ2) is 13.1. The molecule has 1 amide bonds. The fourth-order valence-electron chi connectivity index (χ4n) is 6.97. The highest BCUT2D eigenvalue weighted by atomic mass is 35.5. The van der Waals surface area contributed by atoms with Crippen molar-refractivity contribution in [2.24, 2.45) is 10.9 Å². The summed E-state index contributed by atoms with van der Waals surface area (Å²) in [4.78, 5) is 23.1. The number of amides is 1. The van der Waals surface area contributed by atoms with Gasteiger partial charge in [0.1, 0.15) is 30.2 Å². The van der Waals surface area contributed by atoms with E-state index < -0.39 is 24.1 Å². The predicted molar refractivity (Wildman–Crippen MR) is 173 cm³/mol. The number of carbonyl (C=O) groups is 1. The maximum Gasteiger partial charge on any atom is 0.246 e. The summed E-state index contributed by atoms with van der Waals surface area (Å²) in [5, 5.41) is 21.5. The molecule has 11 heteroatoms. The van der Waals surface area contributed by atoms with Gasteiger partial charge in [-0.15, -0.1) is 0 Å². The third-order valence-corrected chi connectivity index (χ3v) is 9.64. The fourth-order valence-corrected chi connectivity index (χ4v) is 7.24. The van der Waals surface area contributed by atoms with Gasteiger partial charge >= 0.3 is 0 Å². The van der Waals surface area contributed by atoms with Gasteiger partial charge in [-0.3, -0.25) is 9.69 Å². The van der Waals surface area contributed by atoms with Gasteiger partial charge in [0.05, 0.1) is 29.6 Å². The van der Waals surface area contributed by atoms with E-state index in [2.05, 4.69) is 23.6 Å². The Kier molecular flexibility index (Phi) is 8.95. The number of fused-ring (bicyclic) bond motifs is 2. The number of carbonyl (C=O) groups excluding carboxylic acids is 1. The molecule has 3 aliphatic heterocycles. The van der Waals surface area contributed by atoms with E-state index in [-0.39, 0.29) is 47.4 Å². The van der Waals surface area contributed by atoms with Crippen LogP contribution < -0.4 is 0 Å². The number of likely N-dealkylation sites (tertiary alicyclic amines) is 1. The summed E-state index contributed by atoms with van der Waals surface area (Å²) in [6, 6.07) is 12.1. The van der Waals surface area contributed by atoms with Crippen molar-refractivity contribution in [3.63, 3.8) is 0 Å². The normalized spacial score (nSPS) is 26.3. The number of halogens is 3. The maximum absolute atomic E-state index is 14.6. The largest absolute Gasteiger partial charge is 0.475 e. The van der Waals surface area contributed by atoms with Crippen LogP contribution in [0.5, 0.6) is 0 Å². The highest BCUT2D eigenvalue weighted by Crippen LogP contribution is 2.41. The number of likely N-dealkylation sites (N-methyl/N-ethyl adjacent to an activating group) is 1. The van der Waals surface area contributed by atoms with Crippen LogP contribution in [0.25, 0.3) is 16.3 Å². The minimum absolute atomic E-state index is 0.0374. The van der Waals surface area contributed by atoms with Gasteiger partial charge in [0, 0.05) is 49.2 Å². The molecule has 0 N–H and O–H groups in total. The van der Waals surface area contributed by atoms with Crippen LogP contribution in [0.4, 0.5) is 8.78 Å². The maximum atomic E-state index is 14.6. The molecule has 0 saturated carbocycles. The summed E-state index contributed by atoms with van der Waals surface area (Å²) in [6.45, 7) is 5.19. The molecule has 4 aliphatic rings. The van der Waals surface area contributed by atoms with E-state index in [9.17, 15) is 24.1 Å². The molecule has 2 aromatic carbocycles. The number of piperazine rings is 1. The van der Waals surface area contributed by atoms with Crippen LogP contribution in [-0.2, 0) is 9.53 Å². The minimum atomic E-state index is -0.948. The SMILES string of the molecule is C=CC(=O)N1CCN(C2=C(C#N)C(OC[C@@H]3C[C@@H](F)CN3C)=NC3C=C(c4cccc5ccc(F)c(Cl)c45)C=CC23)C[C@@H]1CC#N. The van der Waals surface area contributed by atoms with E-state index in [0.717, 1.165) is 16.5 Å². The van der Waals surface area contributed by atoms with Crippen molar-refractivity contribution < 1.29 is 18.3 Å². The first-order valence-corrected chi connectivity index (χ1v) is 15.6. The third-order valence-electron chi connectivity index (χ3n) is 9.27. The van der Waals surface area contributed by atoms with Crippen molar-refractivity contribution in [3.8, 4) is 12.1 Å². The minimum Gasteiger partial charge on any atom is -0.475 e. The number of nitrogens with zero attached hydrogens (tertiary/aromatic N) is 6. The van der Waals surface area contributed by atoms with Crippen LogP contribution >= 0.6 is 11.6 Å². The molecule has 5 atom stereocenters. The van der Waals surface area contributed by atoms with Crippen molar-refractivity contribution in [1.82, 2.24) is 14.7 Å². The Labute approximate surface area is 271 Å². The number of nitriles is 2. The lowest BCUT2D eigenvalue weighted by molar-refractivity contribution is -0.130. The average molecular weight is 643 g/mol. The summed E-state index contributed by atoms with van der Waals surface area (Å²) in [5.41, 5.74) is 2.51. The van der Waals surface area contributed by atoms with Gasteiger partial charge in [-0.1, -0.05) is 60.7 Å². The fraction of sp³-hybridized carbons (Fsp3) is 0.371. The molecule has 8 nitrogen and oxygen atoms in total. The molecule has 2 aromatic rings. The number of hydrogen-bond donors (Lipinski definition) is 0. The molecule has 0 bridgehead atoms. The van der Waals surface area contributed by atoms with E-state index >= 15 is 0 Å². The molecule has 3 heterocycles. The average Bonchev–Trinajstić information content (AvgIpc) is 3.39. The number of benzene rings is 2. The highest BCUT2D eigenvalue weighted by Gasteiger charge is 2.40. The molecule has 6 rings (SSSR count). The second-order valence-electron chi connectivity index (χ2n) is 12.0. The zero-order valence-electron chi connectivity index (χ0n) is 25.4. The molecular formula is C35H33ClF2N6O2. The van der Waals surface area contributed by atoms with Crippen molar-refractivity contribution >= 4 is 39.8 Å². The lowest BCUT2D eigenvalue weighted by Gasteiger charge is -2.45. The number of dihydropyridines is 1. The second-order valence-corrected chi connectivity index (χ2v) is 12.4. The number of ether oxygens (including phenoxy) is 1. The van der Waals surface area contributed by atoms with E-state index in [0.29, 0.717) is 43.7 Å². The smallest absolute Gasteiger partial charge is 0.246 e. The Morgan fingerprint density at radius 3 is 2.76 bits per heavy atom. The standard InChI is InChI=1S/C35H33ClF2N6O2/c1-3-31(45)44-14-13-43(19-24(44)11-12-39)34-27-9-7-22(26-6-4-5-21-8-10-29(38)33(36)32(21)26)15-30(27)41-35(28(34)17-40)46-20-25-16-23(37)18-42(25)2/h3-10,15,23-25,27,30H,1,11,13-14,16,18-20H2,2H3/t23-,24+,25+,27?,30?/m1/s1. The van der Waals surface area contributed by atoms with Crippen molar-refractivity contribution in [3.05, 3.63) is 88.9 Å². The van der Waals surface area contributed by atoms with Crippen LogP contribution in [-0.4, -0.2) is 90.6 Å². The van der Waals surface area contributed by atoms with Crippen molar-refractivity contribution in [1.29, 1.82) is 10.5 Å². The van der Waals surface area contributed by atoms with Gasteiger partial charge in [-0.05, 0) is 42.1 Å². The predicted octanol–water partition coefficient (Wildman–Crippen LogP) is 5.43. The molecule has 236 valence electrons. The quantitative estimate of drug-likeness (QED) is 0.390. The number of hydrogen-bond acceptors (Lipinski definition) is 7. The Bertz CT molecular complexity index is 1790. The molecular weight excluding hydrogens is 610 g/mol. The first kappa shape index (κ1) is 31.5.